The molecule has 1 aliphatic heterocycles. The van der Waals surface area contributed by atoms with Crippen molar-refractivity contribution in [3.05, 3.63) is 69.8 Å². The van der Waals surface area contributed by atoms with Crippen LogP contribution in [0.2, 0.25) is 0 Å². The van der Waals surface area contributed by atoms with Gasteiger partial charge in [0.25, 0.3) is 5.69 Å². The van der Waals surface area contributed by atoms with Gasteiger partial charge in [0.15, 0.2) is 5.17 Å². The predicted molar refractivity (Wildman–Crippen MR) is 108 cm³/mol. The molecule has 0 saturated carbocycles. The summed E-state index contributed by atoms with van der Waals surface area (Å²) in [6.07, 6.45) is 0. The van der Waals surface area contributed by atoms with Gasteiger partial charge in [-0.25, -0.2) is 5.01 Å². The molecule has 2 aromatic rings. The van der Waals surface area contributed by atoms with Gasteiger partial charge in [0.2, 0.25) is 11.8 Å². The lowest BCUT2D eigenvalue weighted by Crippen LogP contribution is -2.25. The van der Waals surface area contributed by atoms with Gasteiger partial charge in [0.1, 0.15) is 17.7 Å². The van der Waals surface area contributed by atoms with Crippen LogP contribution in [0.5, 0.6) is 5.75 Å². The number of amidine groups is 1. The summed E-state index contributed by atoms with van der Waals surface area (Å²) in [4.78, 5) is 33.5. The van der Waals surface area contributed by atoms with E-state index in [0.29, 0.717) is 10.9 Å². The number of hydrogen-bond acceptors (Lipinski definition) is 7. The average Bonchev–Trinajstić information content (AvgIpc) is 3.10. The van der Waals surface area contributed by atoms with Gasteiger partial charge >= 0.3 is 0 Å². The third kappa shape index (κ3) is 5.11. The van der Waals surface area contributed by atoms with E-state index < -0.39 is 10.3 Å². The fraction of sp³-hybridized carbons (Fsp3) is 0.211. The maximum absolute atomic E-state index is 11.9. The number of benzene rings is 2. The molecular formula is C19H18N4O5S. The van der Waals surface area contributed by atoms with Gasteiger partial charge < -0.3 is 10.1 Å². The molecule has 2 aromatic carbocycles. The highest BCUT2D eigenvalue weighted by molar-refractivity contribution is 8.14. The van der Waals surface area contributed by atoms with Crippen molar-refractivity contribution in [2.24, 2.45) is 5.10 Å². The molecule has 29 heavy (non-hydrogen) atoms. The molecule has 150 valence electrons. The second kappa shape index (κ2) is 8.74. The first kappa shape index (κ1) is 20.3. The SMILES string of the molecule is CC(=O)NC1=NN(C(C)=O)[C@H](c2cccc(OCc3ccc([N+](=O)[O-])cc3)c2)S1. The Morgan fingerprint density at radius 2 is 1.97 bits per heavy atom. The monoisotopic (exact) mass is 414 g/mol. The Kier molecular flexibility index (Phi) is 6.13. The van der Waals surface area contributed by atoms with Crippen LogP contribution in [-0.2, 0) is 16.2 Å². The number of amides is 2. The summed E-state index contributed by atoms with van der Waals surface area (Å²) in [5, 5.41) is 18.7. The minimum Gasteiger partial charge on any atom is -0.489 e. The van der Waals surface area contributed by atoms with Gasteiger partial charge in [0, 0.05) is 26.0 Å². The number of non-ortho nitro benzene ring substituents is 1. The molecule has 1 atom stereocenters. The third-order valence-electron chi connectivity index (χ3n) is 3.95. The number of nitro groups is 1. The Morgan fingerprint density at radius 1 is 1.24 bits per heavy atom. The molecule has 9 nitrogen and oxygen atoms in total. The van der Waals surface area contributed by atoms with E-state index in [4.69, 9.17) is 4.74 Å². The Morgan fingerprint density at radius 3 is 2.59 bits per heavy atom. The fourth-order valence-corrected chi connectivity index (χ4v) is 3.75. The topological polar surface area (TPSA) is 114 Å². The van der Waals surface area contributed by atoms with Crippen LogP contribution in [0.25, 0.3) is 0 Å². The van der Waals surface area contributed by atoms with Crippen molar-refractivity contribution in [3.63, 3.8) is 0 Å². The maximum atomic E-state index is 11.9. The highest BCUT2D eigenvalue weighted by Gasteiger charge is 2.32. The fourth-order valence-electron chi connectivity index (χ4n) is 2.62. The summed E-state index contributed by atoms with van der Waals surface area (Å²) in [7, 11) is 0. The number of hydrogen-bond donors (Lipinski definition) is 1. The van der Waals surface area contributed by atoms with Crippen molar-refractivity contribution in [1.29, 1.82) is 0 Å². The summed E-state index contributed by atoms with van der Waals surface area (Å²) in [6, 6.07) is 13.4. The molecule has 1 aliphatic rings. The molecule has 1 heterocycles. The van der Waals surface area contributed by atoms with Gasteiger partial charge in [-0.1, -0.05) is 23.9 Å². The average molecular weight is 414 g/mol. The molecule has 1 N–H and O–H groups in total. The lowest BCUT2D eigenvalue weighted by Gasteiger charge is -2.19. The number of carbonyl (C=O) groups is 2. The van der Waals surface area contributed by atoms with Crippen LogP contribution in [0, 0.1) is 10.1 Å². The van der Waals surface area contributed by atoms with Crippen LogP contribution in [0.4, 0.5) is 5.69 Å². The highest BCUT2D eigenvalue weighted by atomic mass is 32.2. The number of rotatable bonds is 5. The second-order valence-corrected chi connectivity index (χ2v) is 7.27. The number of nitrogens with zero attached hydrogens (tertiary/aromatic N) is 3. The van der Waals surface area contributed by atoms with Crippen molar-refractivity contribution in [2.45, 2.75) is 25.8 Å². The molecule has 0 fully saturated rings. The van der Waals surface area contributed by atoms with E-state index in [0.717, 1.165) is 11.1 Å². The minimum absolute atomic E-state index is 0.0216. The van der Waals surface area contributed by atoms with E-state index in [1.165, 1.54) is 42.8 Å². The van der Waals surface area contributed by atoms with Gasteiger partial charge in [-0.3, -0.25) is 19.7 Å². The molecule has 0 saturated heterocycles. The van der Waals surface area contributed by atoms with E-state index in [9.17, 15) is 19.7 Å². The molecule has 0 unspecified atom stereocenters. The van der Waals surface area contributed by atoms with Crippen LogP contribution < -0.4 is 10.1 Å². The van der Waals surface area contributed by atoms with Crippen molar-refractivity contribution >= 4 is 34.4 Å². The quantitative estimate of drug-likeness (QED) is 0.594. The zero-order valence-corrected chi connectivity index (χ0v) is 16.5. The Bertz CT molecular complexity index is 977. The lowest BCUT2D eigenvalue weighted by molar-refractivity contribution is -0.384. The summed E-state index contributed by atoms with van der Waals surface area (Å²) >= 11 is 1.26. The van der Waals surface area contributed by atoms with Crippen LogP contribution in [0.1, 0.15) is 30.3 Å². The van der Waals surface area contributed by atoms with E-state index in [1.54, 1.807) is 30.3 Å². The largest absolute Gasteiger partial charge is 0.489 e. The van der Waals surface area contributed by atoms with Crippen molar-refractivity contribution < 1.29 is 19.2 Å². The molecule has 3 rings (SSSR count). The number of nitro benzene ring substituents is 1. The van der Waals surface area contributed by atoms with Gasteiger partial charge in [-0.05, 0) is 35.4 Å². The molecular weight excluding hydrogens is 396 g/mol. The van der Waals surface area contributed by atoms with E-state index in [1.807, 2.05) is 6.07 Å². The van der Waals surface area contributed by atoms with E-state index >= 15 is 0 Å². The minimum atomic E-state index is -0.453. The highest BCUT2D eigenvalue weighted by Crippen LogP contribution is 2.39. The standard InChI is InChI=1S/C19H18N4O5S/c1-12(24)20-19-21-22(13(2)25)18(29-19)15-4-3-5-17(10-15)28-11-14-6-8-16(9-7-14)23(26)27/h3-10,18H,11H2,1-2H3,(H,20,21,24)/t18-/m0/s1. The lowest BCUT2D eigenvalue weighted by atomic mass is 10.2. The zero-order valence-electron chi connectivity index (χ0n) is 15.7. The Balaban J connectivity index is 1.71. The van der Waals surface area contributed by atoms with Gasteiger partial charge in [-0.15, -0.1) is 5.10 Å². The molecule has 0 spiro atoms. The first-order valence-corrected chi connectivity index (χ1v) is 9.50. The van der Waals surface area contributed by atoms with Crippen molar-refractivity contribution in [1.82, 2.24) is 10.3 Å². The number of ether oxygens (including phenoxy) is 1. The summed E-state index contributed by atoms with van der Waals surface area (Å²) < 4.78 is 5.79. The molecule has 10 heteroatoms. The summed E-state index contributed by atoms with van der Waals surface area (Å²) in [5.74, 6) is 0.0681. The maximum Gasteiger partial charge on any atom is 0.269 e. The first-order valence-electron chi connectivity index (χ1n) is 8.62. The number of hydrazone groups is 1. The van der Waals surface area contributed by atoms with Crippen molar-refractivity contribution in [3.8, 4) is 5.75 Å². The molecule has 0 aliphatic carbocycles. The Hall–Kier alpha value is -3.40. The van der Waals surface area contributed by atoms with E-state index in [2.05, 4.69) is 10.4 Å². The third-order valence-corrected chi connectivity index (χ3v) is 5.05. The molecule has 0 aromatic heterocycles. The predicted octanol–water partition coefficient (Wildman–Crippen LogP) is 3.17. The molecule has 0 radical (unpaired) electrons. The second-order valence-electron chi connectivity index (χ2n) is 6.20. The molecule has 2 amide bonds. The van der Waals surface area contributed by atoms with Crippen LogP contribution in [-0.4, -0.2) is 26.9 Å². The first-order chi connectivity index (χ1) is 13.8. The number of carbonyl (C=O) groups excluding carboxylic acids is 2. The Labute approximate surface area is 170 Å². The van der Waals surface area contributed by atoms with Crippen LogP contribution in [0.15, 0.2) is 53.6 Å². The zero-order chi connectivity index (χ0) is 21.0. The number of thioether (sulfide) groups is 1. The van der Waals surface area contributed by atoms with Gasteiger partial charge in [-0.2, -0.15) is 0 Å². The smallest absolute Gasteiger partial charge is 0.269 e. The normalized spacial score (nSPS) is 15.6. The van der Waals surface area contributed by atoms with Crippen LogP contribution in [0.3, 0.4) is 0 Å². The summed E-state index contributed by atoms with van der Waals surface area (Å²) in [6.45, 7) is 3.02. The summed E-state index contributed by atoms with van der Waals surface area (Å²) in [5.41, 5.74) is 1.60. The van der Waals surface area contributed by atoms with Crippen LogP contribution >= 0.6 is 11.8 Å². The van der Waals surface area contributed by atoms with E-state index in [-0.39, 0.29) is 24.1 Å². The van der Waals surface area contributed by atoms with Gasteiger partial charge in [0.05, 0.1) is 4.92 Å². The number of nitrogens with one attached hydrogen (secondary N) is 1. The molecule has 0 bridgehead atoms. The van der Waals surface area contributed by atoms with Crippen molar-refractivity contribution in [2.75, 3.05) is 0 Å².